The molecule has 146 valence electrons. The van der Waals surface area contributed by atoms with E-state index in [2.05, 4.69) is 5.32 Å². The zero-order valence-electron chi connectivity index (χ0n) is 15.6. The van der Waals surface area contributed by atoms with E-state index in [0.29, 0.717) is 16.2 Å². The highest BCUT2D eigenvalue weighted by Gasteiger charge is 2.30. The topological polar surface area (TPSA) is 72.5 Å². The van der Waals surface area contributed by atoms with Crippen molar-refractivity contribution in [3.05, 3.63) is 82.0 Å². The Morgan fingerprint density at radius 1 is 1.07 bits per heavy atom. The first-order valence-corrected chi connectivity index (χ1v) is 11.1. The zero-order valence-corrected chi connectivity index (χ0v) is 17.2. The van der Waals surface area contributed by atoms with Crippen molar-refractivity contribution in [2.75, 3.05) is 13.7 Å². The molecule has 1 atom stereocenters. The molecule has 0 aliphatic rings. The largest absolute Gasteiger partial charge is 0.497 e. The second-order valence-electron chi connectivity index (χ2n) is 6.30. The quantitative estimate of drug-likeness (QED) is 0.633. The van der Waals surface area contributed by atoms with E-state index < -0.39 is 15.1 Å². The Bertz CT molecular complexity index is 1030. The Kier molecular flexibility index (Phi) is 6.16. The molecule has 0 bridgehead atoms. The third-order valence-corrected chi connectivity index (χ3v) is 7.62. The number of methoxy groups -OCH3 is 1. The third-order valence-electron chi connectivity index (χ3n) is 4.38. The van der Waals surface area contributed by atoms with Gasteiger partial charge in [-0.2, -0.15) is 0 Å². The number of ether oxygens (including phenoxy) is 1. The molecule has 0 saturated carbocycles. The van der Waals surface area contributed by atoms with Crippen LogP contribution < -0.4 is 10.1 Å². The molecule has 0 aliphatic heterocycles. The van der Waals surface area contributed by atoms with Gasteiger partial charge in [0.1, 0.15) is 11.0 Å². The summed E-state index contributed by atoms with van der Waals surface area (Å²) in [5.74, 6) is 0.283. The SMILES string of the molecule is COc1ccc(S(=O)(=O)C(CNC(=O)c2ccc(C)cc2)c2cccs2)cc1. The first-order valence-electron chi connectivity index (χ1n) is 8.68. The van der Waals surface area contributed by atoms with Crippen LogP contribution in [0.2, 0.25) is 0 Å². The van der Waals surface area contributed by atoms with Crippen molar-refractivity contribution in [3.63, 3.8) is 0 Å². The lowest BCUT2D eigenvalue weighted by atomic mass is 10.1. The van der Waals surface area contributed by atoms with Gasteiger partial charge in [0.25, 0.3) is 5.91 Å². The normalized spacial score (nSPS) is 12.4. The second kappa shape index (κ2) is 8.58. The van der Waals surface area contributed by atoms with E-state index in [9.17, 15) is 13.2 Å². The van der Waals surface area contributed by atoms with Crippen molar-refractivity contribution >= 4 is 27.1 Å². The van der Waals surface area contributed by atoms with Crippen molar-refractivity contribution in [1.29, 1.82) is 0 Å². The Labute approximate surface area is 168 Å². The van der Waals surface area contributed by atoms with Gasteiger partial charge < -0.3 is 10.1 Å². The van der Waals surface area contributed by atoms with Crippen LogP contribution in [-0.2, 0) is 9.84 Å². The molecule has 0 fully saturated rings. The summed E-state index contributed by atoms with van der Waals surface area (Å²) in [4.78, 5) is 13.3. The van der Waals surface area contributed by atoms with Crippen molar-refractivity contribution < 1.29 is 17.9 Å². The van der Waals surface area contributed by atoms with Gasteiger partial charge in [-0.15, -0.1) is 11.3 Å². The molecule has 7 heteroatoms. The number of hydrogen-bond acceptors (Lipinski definition) is 5. The fourth-order valence-corrected chi connectivity index (χ4v) is 5.54. The molecule has 0 spiro atoms. The Balaban J connectivity index is 1.85. The van der Waals surface area contributed by atoms with Crippen molar-refractivity contribution in [3.8, 4) is 5.75 Å². The van der Waals surface area contributed by atoms with Gasteiger partial charge in [-0.25, -0.2) is 8.42 Å². The van der Waals surface area contributed by atoms with Crippen LogP contribution >= 0.6 is 11.3 Å². The van der Waals surface area contributed by atoms with Gasteiger partial charge >= 0.3 is 0 Å². The van der Waals surface area contributed by atoms with E-state index in [0.717, 1.165) is 5.56 Å². The average Bonchev–Trinajstić information content (AvgIpc) is 3.22. The molecule has 1 amide bonds. The van der Waals surface area contributed by atoms with Gasteiger partial charge in [0.05, 0.1) is 12.0 Å². The van der Waals surface area contributed by atoms with Gasteiger partial charge in [0.15, 0.2) is 9.84 Å². The molecule has 3 aromatic rings. The number of rotatable bonds is 7. The Morgan fingerprint density at radius 2 is 1.75 bits per heavy atom. The van der Waals surface area contributed by atoms with E-state index in [-0.39, 0.29) is 17.3 Å². The molecular formula is C21H21NO4S2. The van der Waals surface area contributed by atoms with Gasteiger partial charge in [-0.3, -0.25) is 4.79 Å². The molecule has 1 unspecified atom stereocenters. The smallest absolute Gasteiger partial charge is 0.251 e. The molecule has 0 saturated heterocycles. The lowest BCUT2D eigenvalue weighted by Gasteiger charge is -2.18. The molecule has 1 aromatic heterocycles. The monoisotopic (exact) mass is 415 g/mol. The number of carbonyl (C=O) groups is 1. The summed E-state index contributed by atoms with van der Waals surface area (Å²) in [5.41, 5.74) is 1.55. The van der Waals surface area contributed by atoms with Crippen LogP contribution in [0.1, 0.15) is 26.0 Å². The van der Waals surface area contributed by atoms with Crippen LogP contribution in [0.4, 0.5) is 0 Å². The average molecular weight is 416 g/mol. The molecule has 0 radical (unpaired) electrons. The fraction of sp³-hybridized carbons (Fsp3) is 0.190. The maximum atomic E-state index is 13.2. The zero-order chi connectivity index (χ0) is 20.1. The number of amides is 1. The molecular weight excluding hydrogens is 394 g/mol. The number of aryl methyl sites for hydroxylation is 1. The van der Waals surface area contributed by atoms with E-state index in [1.54, 1.807) is 36.4 Å². The van der Waals surface area contributed by atoms with Crippen LogP contribution in [-0.4, -0.2) is 28.0 Å². The first-order chi connectivity index (χ1) is 13.4. The predicted molar refractivity (Wildman–Crippen MR) is 111 cm³/mol. The summed E-state index contributed by atoms with van der Waals surface area (Å²) in [7, 11) is -2.17. The summed E-state index contributed by atoms with van der Waals surface area (Å²) in [6.07, 6.45) is 0. The lowest BCUT2D eigenvalue weighted by Crippen LogP contribution is -2.31. The van der Waals surface area contributed by atoms with Gasteiger partial charge in [0, 0.05) is 17.0 Å². The standard InChI is InChI=1S/C21H21NO4S2/c1-15-5-7-16(8-6-15)21(23)22-14-20(19-4-3-13-27-19)28(24,25)18-11-9-17(26-2)10-12-18/h3-13,20H,14H2,1-2H3,(H,22,23). The fourth-order valence-electron chi connectivity index (χ4n) is 2.76. The summed E-state index contributed by atoms with van der Waals surface area (Å²) < 4.78 is 31.6. The number of carbonyl (C=O) groups excluding carboxylic acids is 1. The summed E-state index contributed by atoms with van der Waals surface area (Å²) in [5, 5.41) is 3.73. The van der Waals surface area contributed by atoms with E-state index in [1.165, 1.54) is 30.6 Å². The third kappa shape index (κ3) is 4.43. The van der Waals surface area contributed by atoms with Gasteiger partial charge in [-0.1, -0.05) is 23.8 Å². The summed E-state index contributed by atoms with van der Waals surface area (Å²) >= 11 is 1.35. The number of sulfone groups is 1. The minimum atomic E-state index is -3.69. The number of thiophene rings is 1. The minimum Gasteiger partial charge on any atom is -0.497 e. The van der Waals surface area contributed by atoms with Crippen molar-refractivity contribution in [2.45, 2.75) is 17.1 Å². The van der Waals surface area contributed by atoms with E-state index in [1.807, 2.05) is 24.4 Å². The minimum absolute atomic E-state index is 0.0123. The predicted octanol–water partition coefficient (Wildman–Crippen LogP) is 4.01. The second-order valence-corrected chi connectivity index (χ2v) is 9.41. The maximum absolute atomic E-state index is 13.2. The molecule has 5 nitrogen and oxygen atoms in total. The molecule has 2 aromatic carbocycles. The summed E-state index contributed by atoms with van der Waals surface area (Å²) in [6.45, 7) is 1.93. The van der Waals surface area contributed by atoms with Gasteiger partial charge in [0.2, 0.25) is 0 Å². The van der Waals surface area contributed by atoms with Crippen molar-refractivity contribution in [1.82, 2.24) is 5.32 Å². The van der Waals surface area contributed by atoms with Crippen LogP contribution in [0.25, 0.3) is 0 Å². The molecule has 0 aliphatic carbocycles. The van der Waals surface area contributed by atoms with E-state index >= 15 is 0 Å². The Hall–Kier alpha value is -2.64. The molecule has 1 heterocycles. The van der Waals surface area contributed by atoms with Gasteiger partial charge in [-0.05, 0) is 54.8 Å². The highest BCUT2D eigenvalue weighted by atomic mass is 32.2. The highest BCUT2D eigenvalue weighted by Crippen LogP contribution is 2.32. The number of benzene rings is 2. The maximum Gasteiger partial charge on any atom is 0.251 e. The van der Waals surface area contributed by atoms with E-state index in [4.69, 9.17) is 4.74 Å². The molecule has 3 rings (SSSR count). The van der Waals surface area contributed by atoms with Crippen LogP contribution in [0.3, 0.4) is 0 Å². The van der Waals surface area contributed by atoms with Crippen molar-refractivity contribution in [2.24, 2.45) is 0 Å². The molecule has 28 heavy (non-hydrogen) atoms. The lowest BCUT2D eigenvalue weighted by molar-refractivity contribution is 0.0953. The number of nitrogens with one attached hydrogen (secondary N) is 1. The number of hydrogen-bond donors (Lipinski definition) is 1. The molecule has 1 N–H and O–H groups in total. The van der Waals surface area contributed by atoms with Crippen LogP contribution in [0.5, 0.6) is 5.75 Å². The Morgan fingerprint density at radius 3 is 2.32 bits per heavy atom. The van der Waals surface area contributed by atoms with Crippen LogP contribution in [0, 0.1) is 6.92 Å². The van der Waals surface area contributed by atoms with Crippen LogP contribution in [0.15, 0.2) is 70.9 Å². The highest BCUT2D eigenvalue weighted by molar-refractivity contribution is 7.91. The summed E-state index contributed by atoms with van der Waals surface area (Å²) in [6, 6.07) is 17.0. The first kappa shape index (κ1) is 20.1.